The predicted molar refractivity (Wildman–Crippen MR) is 81.3 cm³/mol. The monoisotopic (exact) mass is 404 g/mol. The van der Waals surface area contributed by atoms with Crippen LogP contribution in [-0.4, -0.2) is 16.1 Å². The zero-order valence-electron chi connectivity index (χ0n) is 9.32. The number of hydrogen-bond acceptors (Lipinski definition) is 3. The molecule has 0 saturated carbocycles. The fraction of sp³-hybridized carbons (Fsp3) is 0. The Morgan fingerprint density at radius 3 is 2.68 bits per heavy atom. The number of carboxylic acid groups (broad SMARTS) is 1. The summed E-state index contributed by atoms with van der Waals surface area (Å²) < 4.78 is 1.32. The van der Waals surface area contributed by atoms with Crippen molar-refractivity contribution in [2.75, 3.05) is 5.32 Å². The first-order chi connectivity index (χ1) is 8.97. The number of carboxylic acids is 1. The summed E-state index contributed by atoms with van der Waals surface area (Å²) in [5.74, 6) is -0.783. The van der Waals surface area contributed by atoms with Crippen LogP contribution in [0.5, 0.6) is 0 Å². The summed E-state index contributed by atoms with van der Waals surface area (Å²) in [6.07, 6.45) is 1.53. The Balaban J connectivity index is 2.37. The van der Waals surface area contributed by atoms with Gasteiger partial charge >= 0.3 is 5.97 Å². The summed E-state index contributed by atoms with van der Waals surface area (Å²) in [6, 6.07) is 6.68. The predicted octanol–water partition coefficient (Wildman–Crippen LogP) is 4.70. The topological polar surface area (TPSA) is 62.2 Å². The lowest BCUT2D eigenvalue weighted by molar-refractivity contribution is 0.0697. The molecule has 1 heterocycles. The molecule has 0 spiro atoms. The molecule has 0 bridgehead atoms. The Morgan fingerprint density at radius 1 is 1.32 bits per heavy atom. The van der Waals surface area contributed by atoms with Crippen molar-refractivity contribution in [3.63, 3.8) is 0 Å². The number of benzene rings is 1. The van der Waals surface area contributed by atoms with E-state index in [0.717, 1.165) is 0 Å². The van der Waals surface area contributed by atoms with Gasteiger partial charge in [0.05, 0.1) is 5.02 Å². The molecule has 0 radical (unpaired) electrons. The van der Waals surface area contributed by atoms with Crippen molar-refractivity contribution >= 4 is 60.9 Å². The normalized spacial score (nSPS) is 10.3. The number of rotatable bonds is 3. The summed E-state index contributed by atoms with van der Waals surface area (Å²) in [5.41, 5.74) is 0.772. The minimum Gasteiger partial charge on any atom is -0.478 e. The molecule has 0 saturated heterocycles. The molecule has 1 aromatic heterocycles. The molecule has 2 rings (SSSR count). The number of pyridine rings is 1. The van der Waals surface area contributed by atoms with Gasteiger partial charge in [0.2, 0.25) is 0 Å². The maximum atomic E-state index is 11.2. The first-order valence-electron chi connectivity index (χ1n) is 5.08. The number of aromatic nitrogens is 1. The van der Waals surface area contributed by atoms with E-state index in [9.17, 15) is 4.79 Å². The SMILES string of the molecule is O=C(O)c1cc(Br)cnc1Nc1ccc(Cl)c(Br)c1. The molecule has 0 amide bonds. The summed E-state index contributed by atoms with van der Waals surface area (Å²) in [7, 11) is 0. The third kappa shape index (κ3) is 3.46. The van der Waals surface area contributed by atoms with Gasteiger partial charge in [-0.05, 0) is 56.1 Å². The smallest absolute Gasteiger partial charge is 0.339 e. The molecular weight excluding hydrogens is 399 g/mol. The molecular formula is C12H7Br2ClN2O2. The highest BCUT2D eigenvalue weighted by Crippen LogP contribution is 2.28. The van der Waals surface area contributed by atoms with E-state index in [1.54, 1.807) is 18.2 Å². The van der Waals surface area contributed by atoms with Crippen LogP contribution in [0.25, 0.3) is 0 Å². The van der Waals surface area contributed by atoms with Crippen molar-refractivity contribution in [2.24, 2.45) is 0 Å². The van der Waals surface area contributed by atoms with Crippen LogP contribution in [0.15, 0.2) is 39.4 Å². The molecule has 0 aliphatic carbocycles. The number of anilines is 2. The number of nitrogens with one attached hydrogen (secondary N) is 1. The van der Waals surface area contributed by atoms with Gasteiger partial charge in [-0.1, -0.05) is 11.6 Å². The minimum absolute atomic E-state index is 0.0837. The van der Waals surface area contributed by atoms with Crippen LogP contribution in [0.4, 0.5) is 11.5 Å². The maximum Gasteiger partial charge on any atom is 0.339 e. The molecule has 0 aliphatic heterocycles. The van der Waals surface area contributed by atoms with E-state index in [0.29, 0.717) is 19.7 Å². The summed E-state index contributed by atoms with van der Waals surface area (Å²) in [6.45, 7) is 0. The van der Waals surface area contributed by atoms with Crippen molar-refractivity contribution in [1.29, 1.82) is 0 Å². The van der Waals surface area contributed by atoms with Crippen LogP contribution in [0.1, 0.15) is 10.4 Å². The number of carbonyl (C=O) groups is 1. The van der Waals surface area contributed by atoms with Gasteiger partial charge in [-0.2, -0.15) is 0 Å². The minimum atomic E-state index is -1.05. The molecule has 19 heavy (non-hydrogen) atoms. The Morgan fingerprint density at radius 2 is 2.05 bits per heavy atom. The van der Waals surface area contributed by atoms with E-state index in [1.165, 1.54) is 12.3 Å². The van der Waals surface area contributed by atoms with E-state index in [4.69, 9.17) is 16.7 Å². The van der Waals surface area contributed by atoms with Crippen molar-refractivity contribution in [3.8, 4) is 0 Å². The van der Waals surface area contributed by atoms with Crippen LogP contribution >= 0.6 is 43.5 Å². The van der Waals surface area contributed by atoms with E-state index >= 15 is 0 Å². The Labute approximate surface area is 131 Å². The molecule has 1 aromatic carbocycles. The average Bonchev–Trinajstić information content (AvgIpc) is 2.36. The molecule has 0 unspecified atom stereocenters. The first-order valence-corrected chi connectivity index (χ1v) is 7.04. The lowest BCUT2D eigenvalue weighted by Gasteiger charge is -2.09. The number of halogens is 3. The first kappa shape index (κ1) is 14.3. The Hall–Kier alpha value is -1.11. The molecule has 0 fully saturated rings. The van der Waals surface area contributed by atoms with Crippen LogP contribution in [0.2, 0.25) is 5.02 Å². The second-order valence-corrected chi connectivity index (χ2v) is 5.79. The quantitative estimate of drug-likeness (QED) is 0.776. The summed E-state index contributed by atoms with van der Waals surface area (Å²) >= 11 is 12.4. The van der Waals surface area contributed by atoms with E-state index in [-0.39, 0.29) is 11.4 Å². The van der Waals surface area contributed by atoms with E-state index in [1.807, 2.05) is 0 Å². The summed E-state index contributed by atoms with van der Waals surface area (Å²) in [4.78, 5) is 15.2. The fourth-order valence-electron chi connectivity index (χ4n) is 1.41. The van der Waals surface area contributed by atoms with Gasteiger partial charge in [0.15, 0.2) is 0 Å². The van der Waals surface area contributed by atoms with Gasteiger partial charge in [0.1, 0.15) is 11.4 Å². The van der Waals surface area contributed by atoms with Crippen LogP contribution in [0, 0.1) is 0 Å². The molecule has 4 nitrogen and oxygen atoms in total. The van der Waals surface area contributed by atoms with Gasteiger partial charge in [-0.25, -0.2) is 9.78 Å². The van der Waals surface area contributed by atoms with Crippen LogP contribution in [0.3, 0.4) is 0 Å². The molecule has 7 heteroatoms. The van der Waals surface area contributed by atoms with Crippen LogP contribution in [-0.2, 0) is 0 Å². The van der Waals surface area contributed by atoms with Gasteiger partial charge in [-0.3, -0.25) is 0 Å². The highest BCUT2D eigenvalue weighted by molar-refractivity contribution is 9.10. The Kier molecular flexibility index (Phi) is 4.44. The van der Waals surface area contributed by atoms with Crippen molar-refractivity contribution in [2.45, 2.75) is 0 Å². The number of nitrogens with zero attached hydrogens (tertiary/aromatic N) is 1. The second-order valence-electron chi connectivity index (χ2n) is 3.61. The standard InChI is InChI=1S/C12H7Br2ClN2O2/c13-6-3-8(12(18)19)11(16-5-6)17-7-1-2-10(15)9(14)4-7/h1-5H,(H,16,17)(H,18,19). The van der Waals surface area contributed by atoms with E-state index in [2.05, 4.69) is 42.2 Å². The third-order valence-electron chi connectivity index (χ3n) is 2.27. The molecule has 0 atom stereocenters. The third-order valence-corrected chi connectivity index (χ3v) is 3.91. The zero-order chi connectivity index (χ0) is 14.0. The Bertz CT molecular complexity index is 650. The molecule has 2 aromatic rings. The lowest BCUT2D eigenvalue weighted by atomic mass is 10.2. The summed E-state index contributed by atoms with van der Waals surface area (Å²) in [5, 5.41) is 12.7. The second kappa shape index (κ2) is 5.90. The lowest BCUT2D eigenvalue weighted by Crippen LogP contribution is -2.04. The highest BCUT2D eigenvalue weighted by atomic mass is 79.9. The number of hydrogen-bond donors (Lipinski definition) is 2. The van der Waals surface area contributed by atoms with Crippen molar-refractivity contribution in [3.05, 3.63) is 50.0 Å². The van der Waals surface area contributed by atoms with Crippen molar-refractivity contribution in [1.82, 2.24) is 4.98 Å². The zero-order valence-corrected chi connectivity index (χ0v) is 13.3. The number of aromatic carboxylic acids is 1. The van der Waals surface area contributed by atoms with Crippen molar-refractivity contribution < 1.29 is 9.90 Å². The molecule has 98 valence electrons. The average molecular weight is 406 g/mol. The van der Waals surface area contributed by atoms with Gasteiger partial charge in [0.25, 0.3) is 0 Å². The van der Waals surface area contributed by atoms with E-state index < -0.39 is 5.97 Å². The molecule has 2 N–H and O–H groups in total. The largest absolute Gasteiger partial charge is 0.478 e. The van der Waals surface area contributed by atoms with Gasteiger partial charge in [-0.15, -0.1) is 0 Å². The fourth-order valence-corrected chi connectivity index (χ4v) is 2.24. The van der Waals surface area contributed by atoms with Gasteiger partial charge < -0.3 is 10.4 Å². The van der Waals surface area contributed by atoms with Gasteiger partial charge in [0, 0.05) is 20.8 Å². The highest BCUT2D eigenvalue weighted by Gasteiger charge is 2.12. The maximum absolute atomic E-state index is 11.2. The molecule has 0 aliphatic rings. The van der Waals surface area contributed by atoms with Crippen LogP contribution < -0.4 is 5.32 Å².